The number of amides is 1. The number of anilines is 1. The van der Waals surface area contributed by atoms with Crippen LogP contribution in [0.3, 0.4) is 0 Å². The van der Waals surface area contributed by atoms with E-state index in [0.29, 0.717) is 24.5 Å². The normalized spacial score (nSPS) is 11.2. The molecule has 3 rings (SSSR count). The zero-order valence-electron chi connectivity index (χ0n) is 16.9. The van der Waals surface area contributed by atoms with Crippen molar-refractivity contribution in [3.63, 3.8) is 0 Å². The van der Waals surface area contributed by atoms with Crippen molar-refractivity contribution in [2.75, 3.05) is 25.5 Å². The van der Waals surface area contributed by atoms with Crippen molar-refractivity contribution >= 4 is 22.6 Å². The fraction of sp³-hybridized carbons (Fsp3) is 0.381. The maximum atomic E-state index is 12.6. The molecule has 0 saturated heterocycles. The number of benzene rings is 1. The van der Waals surface area contributed by atoms with Crippen LogP contribution in [0.15, 0.2) is 36.5 Å². The Morgan fingerprint density at radius 2 is 2.11 bits per heavy atom. The molecule has 3 aromatic rings. The first-order chi connectivity index (χ1) is 13.5. The molecule has 0 unspecified atom stereocenters. The van der Waals surface area contributed by atoms with Gasteiger partial charge in [0.15, 0.2) is 5.65 Å². The predicted octanol–water partition coefficient (Wildman–Crippen LogP) is 3.14. The van der Waals surface area contributed by atoms with Crippen LogP contribution in [0.25, 0.3) is 11.0 Å². The fourth-order valence-corrected chi connectivity index (χ4v) is 3.37. The minimum absolute atomic E-state index is 0.0652. The van der Waals surface area contributed by atoms with Gasteiger partial charge in [0.05, 0.1) is 25.0 Å². The predicted molar refractivity (Wildman–Crippen MR) is 110 cm³/mol. The molecule has 148 valence electrons. The lowest BCUT2D eigenvalue weighted by Crippen LogP contribution is -2.33. The average Bonchev–Trinajstić information content (AvgIpc) is 2.96. The summed E-state index contributed by atoms with van der Waals surface area (Å²) in [4.78, 5) is 19.3. The maximum Gasteiger partial charge on any atom is 0.238 e. The molecular weight excluding hydrogens is 354 g/mol. The van der Waals surface area contributed by atoms with Gasteiger partial charge in [-0.15, -0.1) is 0 Å². The number of aryl methyl sites for hydroxylation is 2. The summed E-state index contributed by atoms with van der Waals surface area (Å²) < 4.78 is 7.09. The van der Waals surface area contributed by atoms with Crippen molar-refractivity contribution in [2.24, 2.45) is 7.05 Å². The summed E-state index contributed by atoms with van der Waals surface area (Å²) in [6.45, 7) is 5.87. The smallest absolute Gasteiger partial charge is 0.238 e. The van der Waals surface area contributed by atoms with Gasteiger partial charge in [-0.05, 0) is 43.7 Å². The average molecular weight is 381 g/mol. The molecule has 0 spiro atoms. The standard InChI is InChI=1S/C21H27N5O2/c1-5-10-26(14-20(27)23-18-8-6-7-9-19(18)28-4)13-16-11-17-15(2)24-25(3)21(17)22-12-16/h6-9,11-12H,5,10,13-14H2,1-4H3,(H,23,27). The molecular formula is C21H27N5O2. The first-order valence-corrected chi connectivity index (χ1v) is 9.45. The molecule has 1 N–H and O–H groups in total. The molecule has 0 fully saturated rings. The van der Waals surface area contributed by atoms with Crippen molar-refractivity contribution in [2.45, 2.75) is 26.8 Å². The van der Waals surface area contributed by atoms with Gasteiger partial charge < -0.3 is 10.1 Å². The Labute approximate surface area is 165 Å². The minimum atomic E-state index is -0.0652. The number of rotatable bonds is 8. The van der Waals surface area contributed by atoms with E-state index in [1.54, 1.807) is 11.8 Å². The molecule has 7 heteroatoms. The number of hydrogen-bond donors (Lipinski definition) is 1. The van der Waals surface area contributed by atoms with E-state index in [9.17, 15) is 4.79 Å². The zero-order valence-corrected chi connectivity index (χ0v) is 16.9. The van der Waals surface area contributed by atoms with Gasteiger partial charge in [-0.3, -0.25) is 14.4 Å². The molecule has 2 aromatic heterocycles. The number of nitrogens with one attached hydrogen (secondary N) is 1. The SMILES string of the molecule is CCCN(CC(=O)Nc1ccccc1OC)Cc1cnc2c(c1)c(C)nn2C. The molecule has 0 saturated carbocycles. The number of nitrogens with zero attached hydrogens (tertiary/aromatic N) is 4. The van der Waals surface area contributed by atoms with Crippen LogP contribution in [-0.4, -0.2) is 45.8 Å². The van der Waals surface area contributed by atoms with Gasteiger partial charge in [0.25, 0.3) is 0 Å². The molecule has 0 aliphatic rings. The molecule has 0 aliphatic heterocycles. The summed E-state index contributed by atoms with van der Waals surface area (Å²) in [5, 5.41) is 8.42. The third-order valence-electron chi connectivity index (χ3n) is 4.61. The number of methoxy groups -OCH3 is 1. The van der Waals surface area contributed by atoms with Crippen LogP contribution in [0.1, 0.15) is 24.6 Å². The first-order valence-electron chi connectivity index (χ1n) is 9.45. The third kappa shape index (κ3) is 4.48. The van der Waals surface area contributed by atoms with E-state index in [-0.39, 0.29) is 5.91 Å². The molecule has 0 bridgehead atoms. The van der Waals surface area contributed by atoms with Gasteiger partial charge in [0.1, 0.15) is 5.75 Å². The topological polar surface area (TPSA) is 72.3 Å². The molecule has 28 heavy (non-hydrogen) atoms. The van der Waals surface area contributed by atoms with Crippen molar-refractivity contribution in [1.29, 1.82) is 0 Å². The van der Waals surface area contributed by atoms with Crippen LogP contribution in [0, 0.1) is 6.92 Å². The van der Waals surface area contributed by atoms with E-state index >= 15 is 0 Å². The molecule has 0 radical (unpaired) electrons. The molecule has 1 amide bonds. The Hall–Kier alpha value is -2.93. The second-order valence-electron chi connectivity index (χ2n) is 6.88. The largest absolute Gasteiger partial charge is 0.495 e. The first kappa shape index (κ1) is 19.8. The number of fused-ring (bicyclic) bond motifs is 1. The quantitative estimate of drug-likeness (QED) is 0.649. The van der Waals surface area contributed by atoms with E-state index in [1.807, 2.05) is 44.4 Å². The van der Waals surface area contributed by atoms with E-state index in [4.69, 9.17) is 4.74 Å². The van der Waals surface area contributed by atoms with E-state index in [2.05, 4.69) is 33.3 Å². The highest BCUT2D eigenvalue weighted by Crippen LogP contribution is 2.23. The number of aromatic nitrogens is 3. The Morgan fingerprint density at radius 1 is 1.32 bits per heavy atom. The Morgan fingerprint density at radius 3 is 2.86 bits per heavy atom. The van der Waals surface area contributed by atoms with Gasteiger partial charge in [0.2, 0.25) is 5.91 Å². The highest BCUT2D eigenvalue weighted by Gasteiger charge is 2.14. The molecule has 7 nitrogen and oxygen atoms in total. The summed E-state index contributed by atoms with van der Waals surface area (Å²) in [5.74, 6) is 0.587. The number of para-hydroxylation sites is 2. The summed E-state index contributed by atoms with van der Waals surface area (Å²) >= 11 is 0. The van der Waals surface area contributed by atoms with Gasteiger partial charge in [-0.1, -0.05) is 19.1 Å². The van der Waals surface area contributed by atoms with Crippen molar-refractivity contribution in [3.8, 4) is 5.75 Å². The number of hydrogen-bond acceptors (Lipinski definition) is 5. The van der Waals surface area contributed by atoms with Crippen LogP contribution in [0.5, 0.6) is 5.75 Å². The van der Waals surface area contributed by atoms with Crippen LogP contribution < -0.4 is 10.1 Å². The zero-order chi connectivity index (χ0) is 20.1. The summed E-state index contributed by atoms with van der Waals surface area (Å²) in [5.41, 5.74) is 3.59. The monoisotopic (exact) mass is 381 g/mol. The van der Waals surface area contributed by atoms with Crippen LogP contribution >= 0.6 is 0 Å². The van der Waals surface area contributed by atoms with E-state index in [1.165, 1.54) is 0 Å². The Balaban J connectivity index is 1.71. The van der Waals surface area contributed by atoms with E-state index in [0.717, 1.165) is 35.3 Å². The summed E-state index contributed by atoms with van der Waals surface area (Å²) in [7, 11) is 3.49. The van der Waals surface area contributed by atoms with Crippen LogP contribution in [0.4, 0.5) is 5.69 Å². The lowest BCUT2D eigenvalue weighted by Gasteiger charge is -2.21. The van der Waals surface area contributed by atoms with Gasteiger partial charge >= 0.3 is 0 Å². The van der Waals surface area contributed by atoms with E-state index < -0.39 is 0 Å². The maximum absolute atomic E-state index is 12.6. The third-order valence-corrected chi connectivity index (χ3v) is 4.61. The fourth-order valence-electron chi connectivity index (χ4n) is 3.37. The second kappa shape index (κ2) is 8.84. The number of ether oxygens (including phenoxy) is 1. The Bertz CT molecular complexity index is 967. The lowest BCUT2D eigenvalue weighted by molar-refractivity contribution is -0.117. The molecule has 0 atom stereocenters. The second-order valence-corrected chi connectivity index (χ2v) is 6.88. The number of carbonyl (C=O) groups excluding carboxylic acids is 1. The van der Waals surface area contributed by atoms with Crippen molar-refractivity contribution < 1.29 is 9.53 Å². The van der Waals surface area contributed by atoms with Crippen LogP contribution in [0.2, 0.25) is 0 Å². The minimum Gasteiger partial charge on any atom is -0.495 e. The highest BCUT2D eigenvalue weighted by atomic mass is 16.5. The van der Waals surface area contributed by atoms with Crippen molar-refractivity contribution in [3.05, 3.63) is 47.8 Å². The Kier molecular flexibility index (Phi) is 6.26. The van der Waals surface area contributed by atoms with Gasteiger partial charge in [-0.2, -0.15) is 5.10 Å². The molecule has 0 aliphatic carbocycles. The number of carbonyl (C=O) groups is 1. The molecule has 1 aromatic carbocycles. The molecule has 2 heterocycles. The van der Waals surface area contributed by atoms with Crippen LogP contribution in [-0.2, 0) is 18.4 Å². The lowest BCUT2D eigenvalue weighted by atomic mass is 10.2. The summed E-state index contributed by atoms with van der Waals surface area (Å²) in [6.07, 6.45) is 2.83. The summed E-state index contributed by atoms with van der Waals surface area (Å²) in [6, 6.07) is 9.53. The number of pyridine rings is 1. The highest BCUT2D eigenvalue weighted by molar-refractivity contribution is 5.93. The van der Waals surface area contributed by atoms with Crippen molar-refractivity contribution in [1.82, 2.24) is 19.7 Å². The van der Waals surface area contributed by atoms with Gasteiger partial charge in [0, 0.05) is 25.2 Å². The van der Waals surface area contributed by atoms with Gasteiger partial charge in [-0.25, -0.2) is 4.98 Å².